The molecule has 194 valence electrons. The van der Waals surface area contributed by atoms with Gasteiger partial charge in [0.15, 0.2) is 0 Å². The average Bonchev–Trinajstić information content (AvgIpc) is 3.42. The number of amides is 2. The molecule has 3 aromatic rings. The molecule has 0 aromatic heterocycles. The van der Waals surface area contributed by atoms with Crippen molar-refractivity contribution in [1.82, 2.24) is 5.32 Å². The van der Waals surface area contributed by atoms with Crippen LogP contribution >= 0.6 is 11.6 Å². The first kappa shape index (κ1) is 26.7. The van der Waals surface area contributed by atoms with Crippen molar-refractivity contribution in [2.75, 3.05) is 29.3 Å². The van der Waals surface area contributed by atoms with Crippen molar-refractivity contribution in [3.8, 4) is 0 Å². The lowest BCUT2D eigenvalue weighted by Gasteiger charge is -2.26. The van der Waals surface area contributed by atoms with Gasteiger partial charge < -0.3 is 15.4 Å². The highest BCUT2D eigenvalue weighted by Gasteiger charge is 2.29. The van der Waals surface area contributed by atoms with Gasteiger partial charge in [0.25, 0.3) is 15.9 Å². The van der Waals surface area contributed by atoms with Gasteiger partial charge in [0, 0.05) is 18.2 Å². The fourth-order valence-electron chi connectivity index (χ4n) is 4.10. The molecule has 10 heteroatoms. The van der Waals surface area contributed by atoms with Crippen LogP contribution in [-0.4, -0.2) is 46.0 Å². The normalized spacial score (nSPS) is 15.2. The molecule has 0 spiro atoms. The number of ether oxygens (including phenoxy) is 1. The Labute approximate surface area is 221 Å². The Morgan fingerprint density at radius 1 is 1.03 bits per heavy atom. The second-order valence-corrected chi connectivity index (χ2v) is 10.9. The number of anilines is 2. The molecular formula is C27H28ClN3O5S. The summed E-state index contributed by atoms with van der Waals surface area (Å²) in [5, 5.41) is 5.93. The molecular weight excluding hydrogens is 514 g/mol. The van der Waals surface area contributed by atoms with Gasteiger partial charge in [-0.25, -0.2) is 8.42 Å². The molecule has 0 bridgehead atoms. The van der Waals surface area contributed by atoms with Crippen molar-refractivity contribution in [3.05, 3.63) is 88.9 Å². The van der Waals surface area contributed by atoms with Crippen molar-refractivity contribution < 1.29 is 22.7 Å². The highest BCUT2D eigenvalue weighted by molar-refractivity contribution is 7.92. The Hall–Kier alpha value is -3.40. The van der Waals surface area contributed by atoms with E-state index < -0.39 is 22.5 Å². The summed E-state index contributed by atoms with van der Waals surface area (Å²) in [6.07, 6.45) is 1.82. The Morgan fingerprint density at radius 2 is 1.76 bits per heavy atom. The van der Waals surface area contributed by atoms with E-state index >= 15 is 0 Å². The third kappa shape index (κ3) is 6.30. The zero-order valence-corrected chi connectivity index (χ0v) is 21.9. The molecule has 1 fully saturated rings. The monoisotopic (exact) mass is 541 g/mol. The summed E-state index contributed by atoms with van der Waals surface area (Å²) < 4.78 is 33.8. The number of carbonyl (C=O) groups is 2. The average molecular weight is 542 g/mol. The van der Waals surface area contributed by atoms with Gasteiger partial charge in [0.2, 0.25) is 5.91 Å². The van der Waals surface area contributed by atoms with Crippen LogP contribution in [0.2, 0.25) is 5.02 Å². The highest BCUT2D eigenvalue weighted by atomic mass is 35.5. The van der Waals surface area contributed by atoms with Gasteiger partial charge in [-0.15, -0.1) is 0 Å². The molecule has 0 saturated carbocycles. The maximum Gasteiger partial charge on any atom is 0.264 e. The Bertz CT molecular complexity index is 1380. The molecule has 3 aromatic carbocycles. The van der Waals surface area contributed by atoms with Crippen LogP contribution < -0.4 is 14.9 Å². The van der Waals surface area contributed by atoms with Crippen LogP contribution in [0.3, 0.4) is 0 Å². The number of rotatable bonds is 9. The van der Waals surface area contributed by atoms with Gasteiger partial charge >= 0.3 is 0 Å². The Kier molecular flexibility index (Phi) is 8.48. The third-order valence-corrected chi connectivity index (χ3v) is 8.27. The van der Waals surface area contributed by atoms with Gasteiger partial charge in [-0.05, 0) is 61.7 Å². The fourth-order valence-corrected chi connectivity index (χ4v) is 5.77. The summed E-state index contributed by atoms with van der Waals surface area (Å²) >= 11 is 6.28. The number of hydrogen-bond acceptors (Lipinski definition) is 5. The summed E-state index contributed by atoms with van der Waals surface area (Å²) in [5.41, 5.74) is 1.35. The molecule has 0 aliphatic carbocycles. The van der Waals surface area contributed by atoms with Crippen LogP contribution in [0.5, 0.6) is 0 Å². The molecule has 1 aliphatic rings. The zero-order valence-electron chi connectivity index (χ0n) is 20.3. The second kappa shape index (κ2) is 11.8. The van der Waals surface area contributed by atoms with E-state index in [-0.39, 0.29) is 33.8 Å². The predicted molar refractivity (Wildman–Crippen MR) is 144 cm³/mol. The quantitative estimate of drug-likeness (QED) is 0.418. The molecule has 1 aliphatic heterocycles. The van der Waals surface area contributed by atoms with E-state index in [0.717, 1.165) is 17.1 Å². The van der Waals surface area contributed by atoms with Crippen LogP contribution in [0.4, 0.5) is 11.4 Å². The number of halogens is 1. The number of benzene rings is 3. The standard InChI is InChI=1S/C27H28ClN3O5S/c1-19-23(28)13-7-15-25(19)31(37(34,35)21-10-3-2-4-11-21)18-26(32)30-24-14-6-5-12-22(24)27(33)29-17-20-9-8-16-36-20/h2-7,10-15,20H,8-9,16-18H2,1H3,(H,29,33)(H,30,32)/t20-/m1/s1. The molecule has 4 rings (SSSR count). The third-order valence-electron chi connectivity index (χ3n) is 6.09. The molecule has 2 N–H and O–H groups in total. The van der Waals surface area contributed by atoms with E-state index in [2.05, 4.69) is 10.6 Å². The molecule has 2 amide bonds. The minimum absolute atomic E-state index is 0.0246. The van der Waals surface area contributed by atoms with Crippen LogP contribution in [-0.2, 0) is 19.6 Å². The number of nitrogens with one attached hydrogen (secondary N) is 2. The lowest BCUT2D eigenvalue weighted by molar-refractivity contribution is -0.114. The molecule has 1 heterocycles. The van der Waals surface area contributed by atoms with Gasteiger partial charge in [0.05, 0.1) is 27.9 Å². The maximum atomic E-state index is 13.6. The Morgan fingerprint density at radius 3 is 2.49 bits per heavy atom. The van der Waals surface area contributed by atoms with E-state index in [1.165, 1.54) is 12.1 Å². The summed E-state index contributed by atoms with van der Waals surface area (Å²) in [5.74, 6) is -0.968. The van der Waals surface area contributed by atoms with E-state index in [1.807, 2.05) is 0 Å². The predicted octanol–water partition coefficient (Wildman–Crippen LogP) is 4.39. The van der Waals surface area contributed by atoms with Crippen molar-refractivity contribution >= 4 is 44.8 Å². The largest absolute Gasteiger partial charge is 0.376 e. The van der Waals surface area contributed by atoms with Crippen LogP contribution in [0, 0.1) is 6.92 Å². The number of hydrogen-bond donors (Lipinski definition) is 2. The van der Waals surface area contributed by atoms with Crippen molar-refractivity contribution in [3.63, 3.8) is 0 Å². The van der Waals surface area contributed by atoms with Crippen LogP contribution in [0.1, 0.15) is 28.8 Å². The summed E-state index contributed by atoms with van der Waals surface area (Å²) in [4.78, 5) is 26.1. The summed E-state index contributed by atoms with van der Waals surface area (Å²) in [6, 6.07) is 19.3. The lowest BCUT2D eigenvalue weighted by atomic mass is 10.1. The highest BCUT2D eigenvalue weighted by Crippen LogP contribution is 2.31. The first-order valence-corrected chi connectivity index (χ1v) is 13.7. The van der Waals surface area contributed by atoms with Crippen molar-refractivity contribution in [2.45, 2.75) is 30.8 Å². The minimum atomic E-state index is -4.10. The molecule has 37 heavy (non-hydrogen) atoms. The van der Waals surface area contributed by atoms with E-state index in [4.69, 9.17) is 16.3 Å². The van der Waals surface area contributed by atoms with E-state index in [0.29, 0.717) is 23.7 Å². The molecule has 0 radical (unpaired) electrons. The van der Waals surface area contributed by atoms with Crippen LogP contribution in [0.15, 0.2) is 77.7 Å². The van der Waals surface area contributed by atoms with E-state index in [1.54, 1.807) is 67.6 Å². The summed E-state index contributed by atoms with van der Waals surface area (Å²) in [6.45, 7) is 2.22. The van der Waals surface area contributed by atoms with Gasteiger partial charge in [-0.2, -0.15) is 0 Å². The lowest BCUT2D eigenvalue weighted by Crippen LogP contribution is -2.39. The number of para-hydroxylation sites is 1. The maximum absolute atomic E-state index is 13.6. The topological polar surface area (TPSA) is 105 Å². The minimum Gasteiger partial charge on any atom is -0.376 e. The van der Waals surface area contributed by atoms with Gasteiger partial charge in [0.1, 0.15) is 6.54 Å². The van der Waals surface area contributed by atoms with Gasteiger partial charge in [-0.1, -0.05) is 48.0 Å². The summed E-state index contributed by atoms with van der Waals surface area (Å²) in [7, 11) is -4.10. The molecule has 0 unspecified atom stereocenters. The number of nitrogens with zero attached hydrogens (tertiary/aromatic N) is 1. The van der Waals surface area contributed by atoms with Crippen molar-refractivity contribution in [1.29, 1.82) is 0 Å². The SMILES string of the molecule is Cc1c(Cl)cccc1N(CC(=O)Nc1ccccc1C(=O)NC[C@H]1CCCO1)S(=O)(=O)c1ccccc1. The van der Waals surface area contributed by atoms with E-state index in [9.17, 15) is 18.0 Å². The Balaban J connectivity index is 1.58. The number of carbonyl (C=O) groups excluding carboxylic acids is 2. The molecule has 1 atom stereocenters. The number of sulfonamides is 1. The first-order valence-electron chi connectivity index (χ1n) is 11.9. The van der Waals surface area contributed by atoms with Crippen LogP contribution in [0.25, 0.3) is 0 Å². The second-order valence-electron chi connectivity index (χ2n) is 8.65. The van der Waals surface area contributed by atoms with Gasteiger partial charge in [-0.3, -0.25) is 13.9 Å². The fraction of sp³-hybridized carbons (Fsp3) is 0.259. The molecule has 1 saturated heterocycles. The first-order chi connectivity index (χ1) is 17.8. The molecule has 8 nitrogen and oxygen atoms in total. The zero-order chi connectivity index (χ0) is 26.4. The van der Waals surface area contributed by atoms with Crippen molar-refractivity contribution in [2.24, 2.45) is 0 Å². The smallest absolute Gasteiger partial charge is 0.264 e.